The van der Waals surface area contributed by atoms with Gasteiger partial charge in [0.1, 0.15) is 18.0 Å². The zero-order valence-corrected chi connectivity index (χ0v) is 21.7. The second kappa shape index (κ2) is 13.9. The first-order chi connectivity index (χ1) is 18.1. The minimum atomic E-state index is -0.827. The van der Waals surface area contributed by atoms with Crippen LogP contribution in [-0.4, -0.2) is 76.9 Å². The number of ether oxygens (including phenoxy) is 1. The van der Waals surface area contributed by atoms with Gasteiger partial charge in [0.25, 0.3) is 0 Å². The molecule has 0 bridgehead atoms. The highest BCUT2D eigenvalue weighted by Crippen LogP contribution is 2.22. The third-order valence-electron chi connectivity index (χ3n) is 6.82. The number of pyridine rings is 1. The zero-order chi connectivity index (χ0) is 25.9. The summed E-state index contributed by atoms with van der Waals surface area (Å²) in [5.41, 5.74) is 3.29. The van der Waals surface area contributed by atoms with E-state index in [-0.39, 0.29) is 12.5 Å². The molecular weight excluding hydrogens is 468 g/mol. The van der Waals surface area contributed by atoms with E-state index in [0.717, 1.165) is 74.3 Å². The van der Waals surface area contributed by atoms with Crippen molar-refractivity contribution in [1.29, 1.82) is 0 Å². The van der Waals surface area contributed by atoms with E-state index in [1.54, 1.807) is 7.11 Å². The predicted molar refractivity (Wildman–Crippen MR) is 146 cm³/mol. The van der Waals surface area contributed by atoms with Crippen molar-refractivity contribution >= 4 is 28.5 Å². The minimum absolute atomic E-state index is 0.0223. The van der Waals surface area contributed by atoms with Gasteiger partial charge in [0, 0.05) is 43.9 Å². The largest absolute Gasteiger partial charge is 0.481 e. The number of carboxylic acid groups (broad SMARTS) is 1. The van der Waals surface area contributed by atoms with Gasteiger partial charge in [-0.25, -0.2) is 15.0 Å². The van der Waals surface area contributed by atoms with Gasteiger partial charge in [0.05, 0.1) is 18.5 Å². The van der Waals surface area contributed by atoms with Crippen LogP contribution in [0.1, 0.15) is 43.4 Å². The Labute approximate surface area is 218 Å². The van der Waals surface area contributed by atoms with Crippen LogP contribution >= 0.6 is 0 Å². The molecular formula is C28H38N6O3. The van der Waals surface area contributed by atoms with Crippen LogP contribution in [-0.2, 0) is 22.4 Å². The molecule has 0 spiro atoms. The Bertz CT molecular complexity index is 1150. The number of fused-ring (bicyclic) bond motifs is 2. The maximum absolute atomic E-state index is 11.6. The number of aromatic nitrogens is 3. The number of rotatable bonds is 15. The van der Waals surface area contributed by atoms with Crippen LogP contribution in [0.2, 0.25) is 0 Å². The van der Waals surface area contributed by atoms with Gasteiger partial charge in [-0.15, -0.1) is 0 Å². The van der Waals surface area contributed by atoms with Gasteiger partial charge >= 0.3 is 5.97 Å². The number of carbonyl (C=O) groups is 1. The molecule has 3 aromatic rings. The molecule has 198 valence electrons. The monoisotopic (exact) mass is 506 g/mol. The van der Waals surface area contributed by atoms with Crippen molar-refractivity contribution in [3.05, 3.63) is 54.0 Å². The summed E-state index contributed by atoms with van der Waals surface area (Å²) in [6.07, 6.45) is 7.56. The van der Waals surface area contributed by atoms with Crippen molar-refractivity contribution in [3.8, 4) is 0 Å². The van der Waals surface area contributed by atoms with Crippen LogP contribution in [0.5, 0.6) is 0 Å². The molecule has 9 nitrogen and oxygen atoms in total. The van der Waals surface area contributed by atoms with E-state index in [9.17, 15) is 9.90 Å². The van der Waals surface area contributed by atoms with E-state index >= 15 is 0 Å². The first-order valence-electron chi connectivity index (χ1n) is 13.2. The third-order valence-corrected chi connectivity index (χ3v) is 6.82. The highest BCUT2D eigenvalue weighted by atomic mass is 16.5. The van der Waals surface area contributed by atoms with Crippen LogP contribution in [0.25, 0.3) is 10.9 Å². The highest BCUT2D eigenvalue weighted by molar-refractivity contribution is 5.88. The van der Waals surface area contributed by atoms with Gasteiger partial charge in [0.15, 0.2) is 0 Å². The van der Waals surface area contributed by atoms with Gasteiger partial charge in [-0.2, -0.15) is 0 Å². The molecule has 1 aliphatic heterocycles. The third kappa shape index (κ3) is 8.10. The molecule has 2 aromatic heterocycles. The van der Waals surface area contributed by atoms with E-state index in [1.807, 2.05) is 24.3 Å². The number of para-hydroxylation sites is 1. The molecule has 4 rings (SSSR count). The van der Waals surface area contributed by atoms with Crippen molar-refractivity contribution in [2.45, 2.75) is 51.0 Å². The number of aryl methyl sites for hydroxylation is 2. The first kappa shape index (κ1) is 26.8. The molecule has 37 heavy (non-hydrogen) atoms. The lowest BCUT2D eigenvalue weighted by atomic mass is 10.1. The average molecular weight is 507 g/mol. The molecule has 1 atom stereocenters. The second-order valence-corrected chi connectivity index (χ2v) is 9.60. The molecule has 3 heterocycles. The number of aliphatic carboxylic acids is 1. The lowest BCUT2D eigenvalue weighted by Gasteiger charge is -2.25. The van der Waals surface area contributed by atoms with Gasteiger partial charge < -0.3 is 25.4 Å². The molecule has 1 unspecified atom stereocenters. The smallest absolute Gasteiger partial charge is 0.305 e. The van der Waals surface area contributed by atoms with Crippen molar-refractivity contribution in [1.82, 2.24) is 19.9 Å². The highest BCUT2D eigenvalue weighted by Gasteiger charge is 2.17. The molecule has 0 amide bonds. The standard InChI is InChI=1S/C28H38N6O3/c1-37-18-17-34(15-5-4-8-22-12-11-21-7-6-14-29-27(21)32-22)16-13-23(19-26(35)36)33-28-24-9-2-3-10-25(24)30-20-31-28/h2-3,9-12,20,23H,4-8,13-19H2,1H3,(H,29,32)(H,35,36)(H,30,31,33). The summed E-state index contributed by atoms with van der Waals surface area (Å²) in [5.74, 6) is 0.901. The SMILES string of the molecule is COCCN(CCCCc1ccc2c(n1)NCCC2)CCC(CC(=O)O)Nc1ncnc2ccccc12. The number of hydrogen-bond donors (Lipinski definition) is 3. The summed E-state index contributed by atoms with van der Waals surface area (Å²) in [6, 6.07) is 11.9. The summed E-state index contributed by atoms with van der Waals surface area (Å²) in [4.78, 5) is 27.5. The molecule has 0 fully saturated rings. The Kier molecular flexibility index (Phi) is 10.0. The van der Waals surface area contributed by atoms with E-state index in [1.165, 1.54) is 18.3 Å². The Balaban J connectivity index is 1.30. The number of carboxylic acids is 1. The summed E-state index contributed by atoms with van der Waals surface area (Å²) in [5, 5.41) is 17.2. The fourth-order valence-corrected chi connectivity index (χ4v) is 4.79. The number of nitrogens with one attached hydrogen (secondary N) is 2. The van der Waals surface area contributed by atoms with Crippen molar-refractivity contribution in [2.24, 2.45) is 0 Å². The molecule has 1 aromatic carbocycles. The normalized spacial score (nSPS) is 13.8. The Hall–Kier alpha value is -3.30. The van der Waals surface area contributed by atoms with Gasteiger partial charge in [-0.05, 0) is 68.8 Å². The van der Waals surface area contributed by atoms with Crippen LogP contribution in [0.3, 0.4) is 0 Å². The number of hydrogen-bond acceptors (Lipinski definition) is 8. The fourth-order valence-electron chi connectivity index (χ4n) is 4.79. The minimum Gasteiger partial charge on any atom is -0.481 e. The quantitative estimate of drug-likeness (QED) is 0.263. The number of benzene rings is 1. The summed E-state index contributed by atoms with van der Waals surface area (Å²) < 4.78 is 5.33. The molecule has 3 N–H and O–H groups in total. The molecule has 0 aliphatic carbocycles. The fraction of sp³-hybridized carbons (Fsp3) is 0.500. The van der Waals surface area contributed by atoms with E-state index in [4.69, 9.17) is 9.72 Å². The molecule has 1 aliphatic rings. The molecule has 9 heteroatoms. The summed E-state index contributed by atoms with van der Waals surface area (Å²) >= 11 is 0. The van der Waals surface area contributed by atoms with E-state index < -0.39 is 5.97 Å². The number of unbranched alkanes of at least 4 members (excludes halogenated alkanes) is 1. The maximum atomic E-state index is 11.6. The Morgan fingerprint density at radius 2 is 2.05 bits per heavy atom. The van der Waals surface area contributed by atoms with Crippen LogP contribution in [0.4, 0.5) is 11.6 Å². The molecule has 0 radical (unpaired) electrons. The van der Waals surface area contributed by atoms with Crippen molar-refractivity contribution in [2.75, 3.05) is 50.5 Å². The molecule has 0 saturated carbocycles. The van der Waals surface area contributed by atoms with Gasteiger partial charge in [-0.1, -0.05) is 18.2 Å². The van der Waals surface area contributed by atoms with Crippen LogP contribution in [0, 0.1) is 0 Å². The number of anilines is 2. The maximum Gasteiger partial charge on any atom is 0.305 e. The summed E-state index contributed by atoms with van der Waals surface area (Å²) in [7, 11) is 1.71. The Morgan fingerprint density at radius 1 is 1.16 bits per heavy atom. The number of nitrogens with zero attached hydrogens (tertiary/aromatic N) is 4. The Morgan fingerprint density at radius 3 is 2.92 bits per heavy atom. The lowest BCUT2D eigenvalue weighted by Crippen LogP contribution is -2.34. The summed E-state index contributed by atoms with van der Waals surface area (Å²) in [6.45, 7) is 4.17. The van der Waals surface area contributed by atoms with E-state index in [0.29, 0.717) is 18.8 Å². The van der Waals surface area contributed by atoms with Crippen LogP contribution < -0.4 is 10.6 Å². The predicted octanol–water partition coefficient (Wildman–Crippen LogP) is 4.00. The number of methoxy groups -OCH3 is 1. The lowest BCUT2D eigenvalue weighted by molar-refractivity contribution is -0.137. The first-order valence-corrected chi connectivity index (χ1v) is 13.2. The average Bonchev–Trinajstić information content (AvgIpc) is 2.91. The van der Waals surface area contributed by atoms with Crippen molar-refractivity contribution in [3.63, 3.8) is 0 Å². The van der Waals surface area contributed by atoms with Crippen LogP contribution in [0.15, 0.2) is 42.7 Å². The van der Waals surface area contributed by atoms with Crippen molar-refractivity contribution < 1.29 is 14.6 Å². The second-order valence-electron chi connectivity index (χ2n) is 9.60. The topological polar surface area (TPSA) is 112 Å². The molecule has 0 saturated heterocycles. The van der Waals surface area contributed by atoms with Gasteiger partial charge in [0.2, 0.25) is 0 Å². The zero-order valence-electron chi connectivity index (χ0n) is 21.7. The van der Waals surface area contributed by atoms with Gasteiger partial charge in [-0.3, -0.25) is 4.79 Å². The van der Waals surface area contributed by atoms with E-state index in [2.05, 4.69) is 37.6 Å².